The average molecular weight is 405 g/mol. The molecule has 2 fully saturated rings. The lowest BCUT2D eigenvalue weighted by atomic mass is 10.1. The fraction of sp³-hybridized carbons (Fsp3) is 0.304. The van der Waals surface area contributed by atoms with Crippen LogP contribution in [0.15, 0.2) is 48.5 Å². The van der Waals surface area contributed by atoms with Crippen molar-refractivity contribution >= 4 is 23.6 Å². The van der Waals surface area contributed by atoms with E-state index in [2.05, 4.69) is 10.6 Å². The Balaban J connectivity index is 1.29. The Morgan fingerprint density at radius 2 is 1.33 bits per heavy atom. The lowest BCUT2D eigenvalue weighted by Gasteiger charge is -2.14. The Kier molecular flexibility index (Phi) is 5.61. The highest BCUT2D eigenvalue weighted by Crippen LogP contribution is 2.19. The number of nitrogens with zero attached hydrogens (tertiary/aromatic N) is 1. The Hall–Kier alpha value is -3.48. The summed E-state index contributed by atoms with van der Waals surface area (Å²) in [5.41, 5.74) is 2.81. The van der Waals surface area contributed by atoms with Crippen molar-refractivity contribution in [2.75, 3.05) is 0 Å². The van der Waals surface area contributed by atoms with Gasteiger partial charge in [0, 0.05) is 36.6 Å². The normalized spacial score (nSPS) is 15.9. The van der Waals surface area contributed by atoms with Crippen LogP contribution in [-0.2, 0) is 22.7 Å². The summed E-state index contributed by atoms with van der Waals surface area (Å²) < 4.78 is 0. The lowest BCUT2D eigenvalue weighted by Crippen LogP contribution is -2.28. The van der Waals surface area contributed by atoms with Gasteiger partial charge in [-0.3, -0.25) is 24.1 Å². The monoisotopic (exact) mass is 405 g/mol. The third-order valence-corrected chi connectivity index (χ3v) is 5.29. The van der Waals surface area contributed by atoms with Gasteiger partial charge in [0.05, 0.1) is 6.54 Å². The molecule has 0 aromatic heterocycles. The molecule has 7 heteroatoms. The number of hydrogen-bond acceptors (Lipinski definition) is 4. The van der Waals surface area contributed by atoms with E-state index < -0.39 is 0 Å². The Labute approximate surface area is 174 Å². The first-order valence-corrected chi connectivity index (χ1v) is 10.1. The summed E-state index contributed by atoms with van der Waals surface area (Å²) in [7, 11) is 0. The Bertz CT molecular complexity index is 963. The zero-order valence-corrected chi connectivity index (χ0v) is 16.5. The maximum atomic E-state index is 12.4. The van der Waals surface area contributed by atoms with Crippen molar-refractivity contribution in [3.8, 4) is 0 Å². The van der Waals surface area contributed by atoms with Crippen molar-refractivity contribution < 1.29 is 19.2 Å². The second-order valence-corrected chi connectivity index (χ2v) is 7.70. The zero-order valence-electron chi connectivity index (χ0n) is 16.5. The summed E-state index contributed by atoms with van der Waals surface area (Å²) in [4.78, 5) is 49.1. The number of likely N-dealkylation sites (tertiary alicyclic amines) is 1. The van der Waals surface area contributed by atoms with E-state index in [4.69, 9.17) is 0 Å². The Morgan fingerprint density at radius 3 is 1.90 bits per heavy atom. The minimum absolute atomic E-state index is 0.0643. The minimum Gasteiger partial charge on any atom is -0.349 e. The van der Waals surface area contributed by atoms with E-state index in [1.54, 1.807) is 36.4 Å². The first-order valence-electron chi connectivity index (χ1n) is 10.1. The van der Waals surface area contributed by atoms with Crippen molar-refractivity contribution in [2.45, 2.75) is 44.8 Å². The molecule has 1 saturated heterocycles. The minimum atomic E-state index is -0.217. The zero-order chi connectivity index (χ0) is 21.1. The number of rotatable bonds is 7. The average Bonchev–Trinajstić information content (AvgIpc) is 3.53. The second kappa shape index (κ2) is 8.49. The summed E-state index contributed by atoms with van der Waals surface area (Å²) in [6, 6.07) is 14.4. The van der Waals surface area contributed by atoms with Crippen molar-refractivity contribution in [2.24, 2.45) is 0 Å². The molecule has 2 aromatic rings. The van der Waals surface area contributed by atoms with Crippen molar-refractivity contribution in [1.29, 1.82) is 0 Å². The summed E-state index contributed by atoms with van der Waals surface area (Å²) in [5.74, 6) is -0.591. The SMILES string of the molecule is O=C(NCc1ccc(C(=O)NC2CC2)cc1)c1ccc(CN2C(=O)CCC2=O)cc1. The smallest absolute Gasteiger partial charge is 0.251 e. The largest absolute Gasteiger partial charge is 0.349 e. The fourth-order valence-corrected chi connectivity index (χ4v) is 3.30. The highest BCUT2D eigenvalue weighted by Gasteiger charge is 2.28. The molecular weight excluding hydrogens is 382 g/mol. The van der Waals surface area contributed by atoms with Crippen LogP contribution in [-0.4, -0.2) is 34.6 Å². The van der Waals surface area contributed by atoms with E-state index in [1.807, 2.05) is 12.1 Å². The molecule has 1 aliphatic carbocycles. The molecule has 1 aliphatic heterocycles. The predicted octanol–water partition coefficient (Wildman–Crippen LogP) is 2.16. The molecule has 0 atom stereocenters. The van der Waals surface area contributed by atoms with Crippen LogP contribution in [0.25, 0.3) is 0 Å². The number of imide groups is 1. The molecule has 0 bridgehead atoms. The maximum Gasteiger partial charge on any atom is 0.251 e. The van der Waals surface area contributed by atoms with Crippen LogP contribution in [0.3, 0.4) is 0 Å². The van der Waals surface area contributed by atoms with Gasteiger partial charge >= 0.3 is 0 Å². The number of nitrogens with one attached hydrogen (secondary N) is 2. The van der Waals surface area contributed by atoms with Gasteiger partial charge in [0.2, 0.25) is 11.8 Å². The number of amides is 4. The van der Waals surface area contributed by atoms with Crippen molar-refractivity contribution in [3.05, 3.63) is 70.8 Å². The summed E-state index contributed by atoms with van der Waals surface area (Å²) in [5, 5.41) is 5.80. The molecule has 0 radical (unpaired) electrons. The molecule has 4 amide bonds. The molecule has 2 aliphatic rings. The molecule has 7 nitrogen and oxygen atoms in total. The first-order chi connectivity index (χ1) is 14.5. The fourth-order valence-electron chi connectivity index (χ4n) is 3.30. The van der Waals surface area contributed by atoms with E-state index in [1.165, 1.54) is 4.90 Å². The van der Waals surface area contributed by atoms with Crippen LogP contribution >= 0.6 is 0 Å². The summed E-state index contributed by atoms with van der Waals surface area (Å²) >= 11 is 0. The van der Waals surface area contributed by atoms with E-state index >= 15 is 0 Å². The molecule has 2 aromatic carbocycles. The molecule has 1 heterocycles. The molecule has 30 heavy (non-hydrogen) atoms. The summed E-state index contributed by atoms with van der Waals surface area (Å²) in [6.45, 7) is 0.585. The van der Waals surface area contributed by atoms with Gasteiger partial charge in [-0.05, 0) is 48.2 Å². The third kappa shape index (κ3) is 4.74. The standard InChI is InChI=1S/C23H23N3O4/c27-20-11-12-21(28)26(20)14-16-3-7-17(8-4-16)22(29)24-13-15-1-5-18(6-2-15)23(30)25-19-9-10-19/h1-8,19H,9-14H2,(H,24,29)(H,25,30). The molecular formula is C23H23N3O4. The lowest BCUT2D eigenvalue weighted by molar-refractivity contribution is -0.139. The molecule has 4 rings (SSSR count). The van der Waals surface area contributed by atoms with Gasteiger partial charge in [-0.25, -0.2) is 0 Å². The van der Waals surface area contributed by atoms with Crippen LogP contribution in [0, 0.1) is 0 Å². The molecule has 1 saturated carbocycles. The molecule has 0 spiro atoms. The number of hydrogen-bond donors (Lipinski definition) is 2. The molecule has 154 valence electrons. The second-order valence-electron chi connectivity index (χ2n) is 7.70. The van der Waals surface area contributed by atoms with Crippen molar-refractivity contribution in [3.63, 3.8) is 0 Å². The van der Waals surface area contributed by atoms with Crippen LogP contribution in [0.5, 0.6) is 0 Å². The van der Waals surface area contributed by atoms with Crippen LogP contribution in [0.1, 0.15) is 57.5 Å². The quantitative estimate of drug-likeness (QED) is 0.690. The Morgan fingerprint density at radius 1 is 0.800 bits per heavy atom. The molecule has 2 N–H and O–H groups in total. The van der Waals surface area contributed by atoms with Gasteiger partial charge in [-0.15, -0.1) is 0 Å². The van der Waals surface area contributed by atoms with Gasteiger partial charge in [-0.1, -0.05) is 24.3 Å². The van der Waals surface area contributed by atoms with E-state index in [-0.39, 0.29) is 43.0 Å². The van der Waals surface area contributed by atoms with E-state index in [0.717, 1.165) is 24.0 Å². The van der Waals surface area contributed by atoms with E-state index in [0.29, 0.717) is 23.7 Å². The van der Waals surface area contributed by atoms with Gasteiger partial charge in [0.15, 0.2) is 0 Å². The molecule has 0 unspecified atom stereocenters. The highest BCUT2D eigenvalue weighted by atomic mass is 16.2. The third-order valence-electron chi connectivity index (χ3n) is 5.29. The van der Waals surface area contributed by atoms with Gasteiger partial charge in [-0.2, -0.15) is 0 Å². The van der Waals surface area contributed by atoms with Crippen LogP contribution < -0.4 is 10.6 Å². The first kappa shape index (κ1) is 19.8. The number of benzene rings is 2. The topological polar surface area (TPSA) is 95.6 Å². The highest BCUT2D eigenvalue weighted by molar-refractivity contribution is 6.01. The maximum absolute atomic E-state index is 12.4. The number of carbonyl (C=O) groups is 4. The van der Waals surface area contributed by atoms with Gasteiger partial charge in [0.25, 0.3) is 11.8 Å². The van der Waals surface area contributed by atoms with Crippen LogP contribution in [0.2, 0.25) is 0 Å². The predicted molar refractivity (Wildman–Crippen MR) is 109 cm³/mol. The van der Waals surface area contributed by atoms with Gasteiger partial charge in [0.1, 0.15) is 0 Å². The number of carbonyl (C=O) groups excluding carboxylic acids is 4. The van der Waals surface area contributed by atoms with Crippen molar-refractivity contribution in [1.82, 2.24) is 15.5 Å². The van der Waals surface area contributed by atoms with E-state index in [9.17, 15) is 19.2 Å². The van der Waals surface area contributed by atoms with Gasteiger partial charge < -0.3 is 10.6 Å². The summed E-state index contributed by atoms with van der Waals surface area (Å²) in [6.07, 6.45) is 2.63. The van der Waals surface area contributed by atoms with Crippen LogP contribution in [0.4, 0.5) is 0 Å².